The molecule has 0 saturated heterocycles. The molecule has 138 valence electrons. The van der Waals surface area contributed by atoms with E-state index in [-0.39, 0.29) is 0 Å². The zero-order valence-electron chi connectivity index (χ0n) is 15.5. The van der Waals surface area contributed by atoms with Crippen LogP contribution in [0.4, 0.5) is 5.13 Å². The van der Waals surface area contributed by atoms with Gasteiger partial charge in [-0.1, -0.05) is 41.2 Å². The maximum Gasteiger partial charge on any atom is 0.197 e. The van der Waals surface area contributed by atoms with Gasteiger partial charge >= 0.3 is 0 Å². The average molecular weight is 379 g/mol. The Morgan fingerprint density at radius 1 is 1.11 bits per heavy atom. The topological polar surface area (TPSA) is 58.5 Å². The number of hydrogen-bond donors (Lipinski definition) is 2. The molecule has 27 heavy (non-hydrogen) atoms. The van der Waals surface area contributed by atoms with E-state index in [1.807, 2.05) is 30.5 Å². The highest BCUT2D eigenvalue weighted by Gasteiger charge is 2.13. The van der Waals surface area contributed by atoms with Crippen molar-refractivity contribution in [3.8, 4) is 21.9 Å². The lowest BCUT2D eigenvalue weighted by molar-refractivity contribution is 0.480. The molecule has 2 N–H and O–H groups in total. The second-order valence-electron chi connectivity index (χ2n) is 6.53. The molecule has 6 heteroatoms. The number of benzene rings is 2. The van der Waals surface area contributed by atoms with Crippen molar-refractivity contribution in [1.29, 1.82) is 0 Å². The van der Waals surface area contributed by atoms with Crippen LogP contribution in [0, 0.1) is 13.8 Å². The van der Waals surface area contributed by atoms with Gasteiger partial charge in [0.2, 0.25) is 0 Å². The van der Waals surface area contributed by atoms with Crippen LogP contribution in [0.5, 0.6) is 11.5 Å². The molecule has 1 aliphatic heterocycles. The first kappa shape index (κ1) is 17.5. The van der Waals surface area contributed by atoms with Crippen molar-refractivity contribution >= 4 is 22.4 Å². The van der Waals surface area contributed by atoms with Crippen molar-refractivity contribution in [3.63, 3.8) is 0 Å². The zero-order chi connectivity index (χ0) is 18.6. The first-order chi connectivity index (χ1) is 13.2. The molecule has 0 fully saturated rings. The molecule has 3 aromatic rings. The van der Waals surface area contributed by atoms with Gasteiger partial charge in [-0.3, -0.25) is 4.99 Å². The van der Waals surface area contributed by atoms with Gasteiger partial charge in [-0.2, -0.15) is 0 Å². The summed E-state index contributed by atoms with van der Waals surface area (Å²) < 4.78 is 6.23. The quantitative estimate of drug-likeness (QED) is 0.672. The highest BCUT2D eigenvalue weighted by molar-refractivity contribution is 7.19. The van der Waals surface area contributed by atoms with Crippen molar-refractivity contribution in [2.24, 2.45) is 4.99 Å². The first-order valence-electron chi connectivity index (χ1n) is 9.05. The summed E-state index contributed by atoms with van der Waals surface area (Å²) in [6.07, 6.45) is 2.94. The van der Waals surface area contributed by atoms with Crippen LogP contribution in [0.15, 0.2) is 53.7 Å². The Bertz CT molecular complexity index is 980. The maximum atomic E-state index is 6.23. The predicted molar refractivity (Wildman–Crippen MR) is 112 cm³/mol. The molecule has 1 aromatic heterocycles. The fourth-order valence-corrected chi connectivity index (χ4v) is 3.81. The summed E-state index contributed by atoms with van der Waals surface area (Å²) in [6, 6.07) is 14.3. The van der Waals surface area contributed by atoms with Crippen LogP contribution in [0.25, 0.3) is 10.4 Å². The van der Waals surface area contributed by atoms with Crippen LogP contribution < -0.4 is 15.4 Å². The molecule has 0 aliphatic carbocycles. The van der Waals surface area contributed by atoms with Crippen LogP contribution >= 0.6 is 11.3 Å². The number of hydrogen-bond acceptors (Lipinski definition) is 6. The number of rotatable bonds is 4. The van der Waals surface area contributed by atoms with Gasteiger partial charge in [0.1, 0.15) is 11.5 Å². The zero-order valence-corrected chi connectivity index (χ0v) is 16.3. The molecule has 0 amide bonds. The standard InChI is InChI=1S/C21H22N4OS/c1-14-8-9-17(15(2)12-14)26-18-7-4-3-6-16(18)19-13-24-21(27-19)25-20-22-10-5-11-23-20/h3-4,6-9,12-13H,5,10-11H2,1-2H3,(H2,22,23,24,25). The molecule has 0 unspecified atom stereocenters. The van der Waals surface area contributed by atoms with Gasteiger partial charge in [0, 0.05) is 24.8 Å². The van der Waals surface area contributed by atoms with Crippen LogP contribution in [-0.2, 0) is 0 Å². The number of guanidine groups is 1. The number of ether oxygens (including phenoxy) is 1. The van der Waals surface area contributed by atoms with Crippen LogP contribution in [0.3, 0.4) is 0 Å². The third-order valence-corrected chi connectivity index (χ3v) is 5.28. The normalized spacial score (nSPS) is 13.6. The summed E-state index contributed by atoms with van der Waals surface area (Å²) in [6.45, 7) is 5.94. The lowest BCUT2D eigenvalue weighted by Crippen LogP contribution is -2.35. The summed E-state index contributed by atoms with van der Waals surface area (Å²) in [7, 11) is 0. The molecule has 0 spiro atoms. The highest BCUT2D eigenvalue weighted by atomic mass is 32.1. The highest BCUT2D eigenvalue weighted by Crippen LogP contribution is 2.38. The van der Waals surface area contributed by atoms with Crippen molar-refractivity contribution in [3.05, 3.63) is 59.8 Å². The second kappa shape index (κ2) is 7.80. The van der Waals surface area contributed by atoms with Crippen molar-refractivity contribution < 1.29 is 4.74 Å². The Morgan fingerprint density at radius 3 is 2.81 bits per heavy atom. The van der Waals surface area contributed by atoms with E-state index >= 15 is 0 Å². The minimum atomic E-state index is 0.793. The second-order valence-corrected chi connectivity index (χ2v) is 7.56. The number of nitrogens with one attached hydrogen (secondary N) is 2. The van der Waals surface area contributed by atoms with Gasteiger partial charge in [0.05, 0.1) is 4.88 Å². The molecule has 0 atom stereocenters. The maximum absolute atomic E-state index is 6.23. The van der Waals surface area contributed by atoms with Gasteiger partial charge in [-0.15, -0.1) is 0 Å². The smallest absolute Gasteiger partial charge is 0.197 e. The molecular weight excluding hydrogens is 356 g/mol. The summed E-state index contributed by atoms with van der Waals surface area (Å²) in [4.78, 5) is 9.98. The fraction of sp³-hybridized carbons (Fsp3) is 0.238. The average Bonchev–Trinajstić information content (AvgIpc) is 3.13. The minimum Gasteiger partial charge on any atom is -0.456 e. The number of aryl methyl sites for hydroxylation is 2. The van der Waals surface area contributed by atoms with Gasteiger partial charge in [0.25, 0.3) is 0 Å². The van der Waals surface area contributed by atoms with Crippen molar-refractivity contribution in [1.82, 2.24) is 10.3 Å². The lowest BCUT2D eigenvalue weighted by atomic mass is 10.1. The molecule has 0 saturated carbocycles. The Balaban J connectivity index is 1.58. The molecule has 4 rings (SSSR count). The molecular formula is C21H22N4OS. The molecule has 0 radical (unpaired) electrons. The molecule has 5 nitrogen and oxygen atoms in total. The Kier molecular flexibility index (Phi) is 5.07. The first-order valence-corrected chi connectivity index (χ1v) is 9.86. The third kappa shape index (κ3) is 4.11. The summed E-state index contributed by atoms with van der Waals surface area (Å²) in [5.74, 6) is 2.49. The number of aliphatic imine (C=N–C) groups is 1. The van der Waals surface area contributed by atoms with E-state index in [4.69, 9.17) is 4.74 Å². The summed E-state index contributed by atoms with van der Waals surface area (Å²) in [5.41, 5.74) is 3.38. The number of nitrogens with zero attached hydrogens (tertiary/aromatic N) is 2. The van der Waals surface area contributed by atoms with Gasteiger partial charge < -0.3 is 15.4 Å². The Labute approximate surface area is 163 Å². The molecule has 2 aromatic carbocycles. The summed E-state index contributed by atoms with van der Waals surface area (Å²) >= 11 is 1.59. The van der Waals surface area contributed by atoms with E-state index in [0.717, 1.165) is 58.1 Å². The van der Waals surface area contributed by atoms with E-state index in [2.05, 4.69) is 52.7 Å². The van der Waals surface area contributed by atoms with E-state index in [0.29, 0.717) is 0 Å². The van der Waals surface area contributed by atoms with Crippen molar-refractivity contribution in [2.75, 3.05) is 18.4 Å². The van der Waals surface area contributed by atoms with E-state index < -0.39 is 0 Å². The molecule has 1 aliphatic rings. The van der Waals surface area contributed by atoms with Gasteiger partial charge in [0.15, 0.2) is 11.1 Å². The molecule has 0 bridgehead atoms. The van der Waals surface area contributed by atoms with Crippen LogP contribution in [0.1, 0.15) is 17.5 Å². The third-order valence-electron chi connectivity index (χ3n) is 4.33. The van der Waals surface area contributed by atoms with Crippen LogP contribution in [-0.4, -0.2) is 24.0 Å². The number of para-hydroxylation sites is 1. The minimum absolute atomic E-state index is 0.793. The number of thiazole rings is 1. The van der Waals surface area contributed by atoms with E-state index in [1.165, 1.54) is 5.56 Å². The SMILES string of the molecule is Cc1ccc(Oc2ccccc2-c2cnc(NC3=NCCCN3)s2)c(C)c1. The molecule has 2 heterocycles. The van der Waals surface area contributed by atoms with Gasteiger partial charge in [-0.05, 0) is 44.0 Å². The monoisotopic (exact) mass is 378 g/mol. The fourth-order valence-electron chi connectivity index (χ4n) is 2.97. The van der Waals surface area contributed by atoms with Crippen LogP contribution in [0.2, 0.25) is 0 Å². The largest absolute Gasteiger partial charge is 0.456 e. The number of anilines is 1. The predicted octanol–water partition coefficient (Wildman–Crippen LogP) is 4.98. The Morgan fingerprint density at radius 2 is 2.00 bits per heavy atom. The summed E-state index contributed by atoms with van der Waals surface area (Å²) in [5, 5.41) is 7.33. The Hall–Kier alpha value is -2.86. The number of aromatic nitrogens is 1. The van der Waals surface area contributed by atoms with Crippen molar-refractivity contribution in [2.45, 2.75) is 20.3 Å². The lowest BCUT2D eigenvalue weighted by Gasteiger charge is -2.14. The van der Waals surface area contributed by atoms with E-state index in [9.17, 15) is 0 Å². The van der Waals surface area contributed by atoms with Gasteiger partial charge in [-0.25, -0.2) is 4.98 Å². The van der Waals surface area contributed by atoms with E-state index in [1.54, 1.807) is 11.3 Å².